The maximum atomic E-state index is 4.22. The zero-order valence-electron chi connectivity index (χ0n) is 27.4. The van der Waals surface area contributed by atoms with Crippen molar-refractivity contribution in [1.82, 2.24) is 9.97 Å². The van der Waals surface area contributed by atoms with Gasteiger partial charge < -0.3 is 0 Å². The minimum atomic E-state index is -0.116. The van der Waals surface area contributed by atoms with E-state index in [0.717, 1.165) is 0 Å². The quantitative estimate of drug-likeness (QED) is 0.182. The molecular weight excluding hydrogens is 593 g/mol. The highest BCUT2D eigenvalue weighted by Crippen LogP contribution is 2.51. The first-order valence-corrected chi connectivity index (χ1v) is 17.0. The summed E-state index contributed by atoms with van der Waals surface area (Å²) in [7, 11) is 0. The molecule has 2 aromatic heterocycles. The van der Waals surface area contributed by atoms with Crippen LogP contribution in [0.15, 0.2) is 158 Å². The molecule has 9 aromatic rings. The van der Waals surface area contributed by atoms with Gasteiger partial charge in [-0.05, 0) is 135 Å². The third kappa shape index (κ3) is 4.20. The van der Waals surface area contributed by atoms with Crippen LogP contribution in [0.3, 0.4) is 0 Å². The largest absolute Gasteiger partial charge is 0.265 e. The van der Waals surface area contributed by atoms with E-state index >= 15 is 0 Å². The van der Waals surface area contributed by atoms with Crippen molar-refractivity contribution in [3.63, 3.8) is 0 Å². The average molecular weight is 625 g/mol. The summed E-state index contributed by atoms with van der Waals surface area (Å²) in [6.45, 7) is 4.74. The fourth-order valence-electron chi connectivity index (χ4n) is 8.32. The van der Waals surface area contributed by atoms with Crippen LogP contribution >= 0.6 is 0 Å². The van der Waals surface area contributed by atoms with E-state index in [4.69, 9.17) is 0 Å². The molecule has 0 amide bonds. The lowest BCUT2D eigenvalue weighted by atomic mass is 9.80. The highest BCUT2D eigenvalue weighted by atomic mass is 14.6. The molecule has 0 bridgehead atoms. The van der Waals surface area contributed by atoms with Gasteiger partial charge in [0.15, 0.2) is 0 Å². The van der Waals surface area contributed by atoms with Crippen molar-refractivity contribution in [2.45, 2.75) is 19.3 Å². The van der Waals surface area contributed by atoms with E-state index in [2.05, 4.69) is 157 Å². The van der Waals surface area contributed by atoms with Crippen LogP contribution < -0.4 is 0 Å². The molecular formula is C47H32N2. The molecule has 2 nitrogen and oxygen atoms in total. The second kappa shape index (κ2) is 10.4. The Bertz CT molecular complexity index is 2710. The zero-order chi connectivity index (χ0) is 32.7. The van der Waals surface area contributed by atoms with Crippen molar-refractivity contribution >= 4 is 32.3 Å². The maximum Gasteiger partial charge on any atom is 0.0273 e. The summed E-state index contributed by atoms with van der Waals surface area (Å²) in [4.78, 5) is 8.40. The summed E-state index contributed by atoms with van der Waals surface area (Å²) in [6, 6.07) is 49.7. The number of hydrogen-bond acceptors (Lipinski definition) is 2. The monoisotopic (exact) mass is 624 g/mol. The summed E-state index contributed by atoms with van der Waals surface area (Å²) in [5, 5.41) is 7.82. The van der Waals surface area contributed by atoms with Gasteiger partial charge in [0.05, 0.1) is 0 Å². The topological polar surface area (TPSA) is 25.8 Å². The Labute approximate surface area is 285 Å². The molecule has 0 unspecified atom stereocenters. The summed E-state index contributed by atoms with van der Waals surface area (Å²) >= 11 is 0. The Morgan fingerprint density at radius 3 is 1.31 bits per heavy atom. The third-order valence-corrected chi connectivity index (χ3v) is 10.9. The fourth-order valence-corrected chi connectivity index (χ4v) is 8.32. The van der Waals surface area contributed by atoms with E-state index in [1.165, 1.54) is 99.1 Å². The molecule has 0 atom stereocenters. The Morgan fingerprint density at radius 2 is 0.735 bits per heavy atom. The Kier molecular flexibility index (Phi) is 5.95. The molecule has 7 aromatic carbocycles. The van der Waals surface area contributed by atoms with Gasteiger partial charge in [-0.25, -0.2) is 0 Å². The zero-order valence-corrected chi connectivity index (χ0v) is 27.4. The van der Waals surface area contributed by atoms with E-state index in [9.17, 15) is 0 Å². The van der Waals surface area contributed by atoms with Gasteiger partial charge in [0, 0.05) is 30.2 Å². The van der Waals surface area contributed by atoms with Crippen LogP contribution in [-0.2, 0) is 5.41 Å². The van der Waals surface area contributed by atoms with Gasteiger partial charge >= 0.3 is 0 Å². The average Bonchev–Trinajstić information content (AvgIpc) is 3.39. The van der Waals surface area contributed by atoms with Crippen molar-refractivity contribution in [2.24, 2.45) is 0 Å². The van der Waals surface area contributed by atoms with Crippen LogP contribution in [-0.4, -0.2) is 9.97 Å². The number of fused-ring (bicyclic) bond motifs is 3. The van der Waals surface area contributed by atoms with Crippen LogP contribution in [0.1, 0.15) is 25.0 Å². The molecule has 0 saturated carbocycles. The predicted molar refractivity (Wildman–Crippen MR) is 205 cm³/mol. The molecule has 0 saturated heterocycles. The van der Waals surface area contributed by atoms with Gasteiger partial charge in [0.25, 0.3) is 0 Å². The van der Waals surface area contributed by atoms with Gasteiger partial charge in [-0.2, -0.15) is 0 Å². The van der Waals surface area contributed by atoms with E-state index < -0.39 is 0 Å². The Morgan fingerprint density at radius 1 is 0.347 bits per heavy atom. The van der Waals surface area contributed by atoms with E-state index in [1.54, 1.807) is 0 Å². The summed E-state index contributed by atoms with van der Waals surface area (Å²) in [5.41, 5.74) is 15.2. The summed E-state index contributed by atoms with van der Waals surface area (Å²) in [6.07, 6.45) is 7.43. The fraction of sp³-hybridized carbons (Fsp3) is 0.0638. The predicted octanol–water partition coefficient (Wildman–Crippen LogP) is 12.3. The lowest BCUT2D eigenvalue weighted by Crippen LogP contribution is -2.15. The molecule has 1 aliphatic carbocycles. The van der Waals surface area contributed by atoms with Gasteiger partial charge in [-0.3, -0.25) is 9.97 Å². The molecule has 0 spiro atoms. The van der Waals surface area contributed by atoms with Gasteiger partial charge in [-0.1, -0.05) is 111 Å². The molecule has 2 heterocycles. The third-order valence-electron chi connectivity index (χ3n) is 10.9. The molecule has 0 radical (unpaired) electrons. The first-order chi connectivity index (χ1) is 24.0. The highest BCUT2D eigenvalue weighted by Gasteiger charge is 2.36. The molecule has 49 heavy (non-hydrogen) atoms. The molecule has 10 rings (SSSR count). The van der Waals surface area contributed by atoms with Crippen LogP contribution in [0.4, 0.5) is 0 Å². The van der Waals surface area contributed by atoms with Crippen molar-refractivity contribution in [3.8, 4) is 55.6 Å². The van der Waals surface area contributed by atoms with Crippen LogP contribution in [0.25, 0.3) is 88.0 Å². The van der Waals surface area contributed by atoms with E-state index in [-0.39, 0.29) is 5.41 Å². The van der Waals surface area contributed by atoms with Gasteiger partial charge in [0.2, 0.25) is 0 Å². The van der Waals surface area contributed by atoms with E-state index in [0.29, 0.717) is 0 Å². The van der Waals surface area contributed by atoms with Crippen molar-refractivity contribution < 1.29 is 0 Å². The normalized spacial score (nSPS) is 13.3. The molecule has 2 heteroatoms. The minimum Gasteiger partial charge on any atom is -0.265 e. The molecule has 0 fully saturated rings. The van der Waals surface area contributed by atoms with Crippen molar-refractivity contribution in [3.05, 3.63) is 169 Å². The second-order valence-corrected chi connectivity index (χ2v) is 13.8. The lowest BCUT2D eigenvalue weighted by molar-refractivity contribution is 0.661. The smallest absolute Gasteiger partial charge is 0.0273 e. The molecule has 0 N–H and O–H groups in total. The summed E-state index contributed by atoms with van der Waals surface area (Å²) in [5.74, 6) is 0. The minimum absolute atomic E-state index is 0.116. The van der Waals surface area contributed by atoms with Gasteiger partial charge in [0.1, 0.15) is 0 Å². The number of rotatable bonds is 4. The SMILES string of the molecule is CC1(C)c2cc(-c3ccncc3)ccc2-c2ccc(-c3ccc4ccc5c(-c6ccc(-c7ccncc7)cc6)ccc6ccc3c4c65)cc21. The first-order valence-electron chi connectivity index (χ1n) is 17.0. The molecule has 1 aliphatic rings. The number of pyridine rings is 2. The first kappa shape index (κ1) is 27.9. The number of nitrogens with zero attached hydrogens (tertiary/aromatic N) is 2. The number of hydrogen-bond donors (Lipinski definition) is 0. The number of benzene rings is 7. The molecule has 230 valence electrons. The van der Waals surface area contributed by atoms with Crippen molar-refractivity contribution in [2.75, 3.05) is 0 Å². The second-order valence-electron chi connectivity index (χ2n) is 13.8. The summed E-state index contributed by atoms with van der Waals surface area (Å²) < 4.78 is 0. The molecule has 0 aliphatic heterocycles. The van der Waals surface area contributed by atoms with Gasteiger partial charge in [-0.15, -0.1) is 0 Å². The van der Waals surface area contributed by atoms with Crippen LogP contribution in [0.5, 0.6) is 0 Å². The number of aromatic nitrogens is 2. The lowest BCUT2D eigenvalue weighted by Gasteiger charge is -2.23. The Balaban J connectivity index is 1.10. The maximum absolute atomic E-state index is 4.22. The Hall–Kier alpha value is -6.12. The van der Waals surface area contributed by atoms with Crippen molar-refractivity contribution in [1.29, 1.82) is 0 Å². The standard InChI is InChI=1S/C47H32N2/c1-47(2)43-27-35(31-21-25-49-26-22-31)11-15-39(43)40-16-12-36(28-44(40)47)38-14-8-34-9-17-41-37(13-7-33-10-18-42(38)46(34)45(33)41)32-5-3-29(4-6-32)30-19-23-48-24-20-30/h3-28H,1-2H3. The highest BCUT2D eigenvalue weighted by molar-refractivity contribution is 6.27. The van der Waals surface area contributed by atoms with Crippen LogP contribution in [0, 0.1) is 0 Å². The van der Waals surface area contributed by atoms with Crippen LogP contribution in [0.2, 0.25) is 0 Å². The van der Waals surface area contributed by atoms with E-state index in [1.807, 2.05) is 24.8 Å².